The van der Waals surface area contributed by atoms with Crippen molar-refractivity contribution < 1.29 is 4.74 Å². The second kappa shape index (κ2) is 5.15. The molecule has 90 valence electrons. The van der Waals surface area contributed by atoms with Crippen molar-refractivity contribution in [1.29, 1.82) is 5.26 Å². The van der Waals surface area contributed by atoms with Gasteiger partial charge in [0, 0.05) is 6.54 Å². The standard InChI is InChI=1S/C13H17N3O/c1-3-12-9-17-10(2)8-16(12)13-6-4-5-11(7-14)15-13/h4-6,10,12H,3,8-9H2,1-2H3. The van der Waals surface area contributed by atoms with Gasteiger partial charge in [-0.3, -0.25) is 0 Å². The number of hydrogen-bond acceptors (Lipinski definition) is 4. The molecule has 0 saturated carbocycles. The van der Waals surface area contributed by atoms with Gasteiger partial charge in [-0.2, -0.15) is 5.26 Å². The average molecular weight is 231 g/mol. The predicted molar refractivity (Wildman–Crippen MR) is 65.8 cm³/mol. The third-order valence-electron chi connectivity index (χ3n) is 3.08. The first kappa shape index (κ1) is 11.9. The lowest BCUT2D eigenvalue weighted by atomic mass is 10.1. The maximum Gasteiger partial charge on any atom is 0.142 e. The summed E-state index contributed by atoms with van der Waals surface area (Å²) in [5.74, 6) is 0.881. The molecule has 1 aromatic heterocycles. The minimum absolute atomic E-state index is 0.213. The van der Waals surface area contributed by atoms with Gasteiger partial charge in [-0.05, 0) is 25.5 Å². The molecule has 2 unspecified atom stereocenters. The zero-order valence-corrected chi connectivity index (χ0v) is 10.3. The Morgan fingerprint density at radius 3 is 3.12 bits per heavy atom. The summed E-state index contributed by atoms with van der Waals surface area (Å²) in [6.07, 6.45) is 1.23. The normalized spacial score (nSPS) is 24.4. The monoisotopic (exact) mass is 231 g/mol. The minimum Gasteiger partial charge on any atom is -0.375 e. The van der Waals surface area contributed by atoms with E-state index in [2.05, 4.69) is 29.8 Å². The Balaban J connectivity index is 2.26. The van der Waals surface area contributed by atoms with Crippen LogP contribution >= 0.6 is 0 Å². The lowest BCUT2D eigenvalue weighted by Crippen LogP contribution is -2.49. The van der Waals surface area contributed by atoms with Crippen molar-refractivity contribution in [2.45, 2.75) is 32.4 Å². The van der Waals surface area contributed by atoms with Gasteiger partial charge in [-0.25, -0.2) is 4.98 Å². The molecule has 0 aromatic carbocycles. The van der Waals surface area contributed by atoms with Crippen molar-refractivity contribution in [3.63, 3.8) is 0 Å². The Labute approximate surface area is 102 Å². The Morgan fingerprint density at radius 2 is 2.41 bits per heavy atom. The molecule has 2 heterocycles. The van der Waals surface area contributed by atoms with Gasteiger partial charge in [0.1, 0.15) is 17.6 Å². The first-order chi connectivity index (χ1) is 8.24. The molecule has 0 N–H and O–H groups in total. The first-order valence-electron chi connectivity index (χ1n) is 6.00. The molecule has 1 aliphatic rings. The predicted octanol–water partition coefficient (Wildman–Crippen LogP) is 1.96. The van der Waals surface area contributed by atoms with Crippen LogP contribution in [-0.4, -0.2) is 30.3 Å². The van der Waals surface area contributed by atoms with Crippen LogP contribution in [0, 0.1) is 11.3 Å². The Hall–Kier alpha value is -1.60. The molecule has 2 atom stereocenters. The summed E-state index contributed by atoms with van der Waals surface area (Å²) in [4.78, 5) is 6.60. The summed E-state index contributed by atoms with van der Waals surface area (Å²) in [7, 11) is 0. The molecular weight excluding hydrogens is 214 g/mol. The number of nitrogens with zero attached hydrogens (tertiary/aromatic N) is 3. The van der Waals surface area contributed by atoms with Crippen molar-refractivity contribution in [2.75, 3.05) is 18.1 Å². The summed E-state index contributed by atoms with van der Waals surface area (Å²) >= 11 is 0. The van der Waals surface area contributed by atoms with Crippen LogP contribution in [0.25, 0.3) is 0 Å². The lowest BCUT2D eigenvalue weighted by molar-refractivity contribution is 0.0296. The topological polar surface area (TPSA) is 49.1 Å². The molecular formula is C13H17N3O. The second-order valence-corrected chi connectivity index (χ2v) is 4.35. The van der Waals surface area contributed by atoms with Crippen LogP contribution in [0.5, 0.6) is 0 Å². The van der Waals surface area contributed by atoms with E-state index in [9.17, 15) is 0 Å². The average Bonchev–Trinajstić information content (AvgIpc) is 2.39. The van der Waals surface area contributed by atoms with Crippen molar-refractivity contribution >= 4 is 5.82 Å². The molecule has 0 aliphatic carbocycles. The highest BCUT2D eigenvalue weighted by molar-refractivity contribution is 5.43. The largest absolute Gasteiger partial charge is 0.375 e. The van der Waals surface area contributed by atoms with Gasteiger partial charge in [0.25, 0.3) is 0 Å². The number of aromatic nitrogens is 1. The molecule has 0 bridgehead atoms. The second-order valence-electron chi connectivity index (χ2n) is 4.35. The maximum atomic E-state index is 8.88. The maximum absolute atomic E-state index is 8.88. The van der Waals surface area contributed by atoms with E-state index < -0.39 is 0 Å². The molecule has 0 spiro atoms. The van der Waals surface area contributed by atoms with Gasteiger partial charge in [0.2, 0.25) is 0 Å². The molecule has 1 aliphatic heterocycles. The molecule has 1 fully saturated rings. The van der Waals surface area contributed by atoms with E-state index in [1.807, 2.05) is 12.1 Å². The third-order valence-corrected chi connectivity index (χ3v) is 3.08. The molecule has 0 radical (unpaired) electrons. The summed E-state index contributed by atoms with van der Waals surface area (Å²) in [5.41, 5.74) is 0.469. The third kappa shape index (κ3) is 2.56. The van der Waals surface area contributed by atoms with Crippen molar-refractivity contribution in [3.05, 3.63) is 23.9 Å². The minimum atomic E-state index is 0.213. The Morgan fingerprint density at radius 1 is 1.59 bits per heavy atom. The van der Waals surface area contributed by atoms with E-state index in [-0.39, 0.29) is 6.10 Å². The Bertz CT molecular complexity index is 427. The van der Waals surface area contributed by atoms with Gasteiger partial charge < -0.3 is 9.64 Å². The van der Waals surface area contributed by atoms with Crippen molar-refractivity contribution in [3.8, 4) is 6.07 Å². The Kier molecular flexibility index (Phi) is 3.60. The summed E-state index contributed by atoms with van der Waals surface area (Å²) in [6.45, 7) is 5.77. The zero-order chi connectivity index (χ0) is 12.3. The summed E-state index contributed by atoms with van der Waals surface area (Å²) < 4.78 is 5.66. The van der Waals surface area contributed by atoms with Gasteiger partial charge in [-0.1, -0.05) is 13.0 Å². The fourth-order valence-electron chi connectivity index (χ4n) is 2.11. The van der Waals surface area contributed by atoms with Crippen LogP contribution in [0.2, 0.25) is 0 Å². The van der Waals surface area contributed by atoms with E-state index >= 15 is 0 Å². The quantitative estimate of drug-likeness (QED) is 0.780. The molecule has 17 heavy (non-hydrogen) atoms. The van der Waals surface area contributed by atoms with E-state index in [4.69, 9.17) is 10.00 Å². The van der Waals surface area contributed by atoms with E-state index in [1.165, 1.54) is 0 Å². The molecule has 1 saturated heterocycles. The highest BCUT2D eigenvalue weighted by Gasteiger charge is 2.26. The van der Waals surface area contributed by atoms with Gasteiger partial charge in [0.15, 0.2) is 0 Å². The van der Waals surface area contributed by atoms with Crippen molar-refractivity contribution in [1.82, 2.24) is 4.98 Å². The van der Waals surface area contributed by atoms with Gasteiger partial charge >= 0.3 is 0 Å². The number of nitriles is 1. The summed E-state index contributed by atoms with van der Waals surface area (Å²) in [6, 6.07) is 8.01. The van der Waals surface area contributed by atoms with E-state index in [0.29, 0.717) is 11.7 Å². The highest BCUT2D eigenvalue weighted by Crippen LogP contribution is 2.21. The number of pyridine rings is 1. The van der Waals surface area contributed by atoms with Crippen molar-refractivity contribution in [2.24, 2.45) is 0 Å². The first-order valence-corrected chi connectivity index (χ1v) is 6.00. The SMILES string of the molecule is CCC1COC(C)CN1c1cccc(C#N)n1. The number of rotatable bonds is 2. The number of morpholine rings is 1. The van der Waals surface area contributed by atoms with Gasteiger partial charge in [0.05, 0.1) is 18.8 Å². The van der Waals surface area contributed by atoms with Crippen LogP contribution in [0.1, 0.15) is 26.0 Å². The smallest absolute Gasteiger partial charge is 0.142 e. The molecule has 0 amide bonds. The molecule has 4 heteroatoms. The lowest BCUT2D eigenvalue weighted by Gasteiger charge is -2.39. The summed E-state index contributed by atoms with van der Waals surface area (Å²) in [5, 5.41) is 8.88. The van der Waals surface area contributed by atoms with Crippen LogP contribution in [0.15, 0.2) is 18.2 Å². The highest BCUT2D eigenvalue weighted by atomic mass is 16.5. The van der Waals surface area contributed by atoms with Crippen LogP contribution < -0.4 is 4.90 Å². The molecule has 4 nitrogen and oxygen atoms in total. The fraction of sp³-hybridized carbons (Fsp3) is 0.538. The molecule has 1 aromatic rings. The zero-order valence-electron chi connectivity index (χ0n) is 10.3. The van der Waals surface area contributed by atoms with E-state index in [0.717, 1.165) is 25.4 Å². The number of ether oxygens (including phenoxy) is 1. The van der Waals surface area contributed by atoms with Crippen LogP contribution in [0.4, 0.5) is 5.82 Å². The number of hydrogen-bond donors (Lipinski definition) is 0. The van der Waals surface area contributed by atoms with Crippen LogP contribution in [-0.2, 0) is 4.74 Å². The van der Waals surface area contributed by atoms with E-state index in [1.54, 1.807) is 6.07 Å². The van der Waals surface area contributed by atoms with Crippen LogP contribution in [0.3, 0.4) is 0 Å². The molecule has 2 rings (SSSR count). The fourth-order valence-corrected chi connectivity index (χ4v) is 2.11. The number of anilines is 1. The van der Waals surface area contributed by atoms with Gasteiger partial charge in [-0.15, -0.1) is 0 Å².